The van der Waals surface area contributed by atoms with Crippen LogP contribution in [0.4, 0.5) is 0 Å². The Labute approximate surface area is 82.1 Å². The lowest BCUT2D eigenvalue weighted by atomic mass is 9.98. The van der Waals surface area contributed by atoms with Crippen LogP contribution in [0.3, 0.4) is 0 Å². The summed E-state index contributed by atoms with van der Waals surface area (Å²) < 4.78 is 0. The Morgan fingerprint density at radius 1 is 1.21 bits per heavy atom. The van der Waals surface area contributed by atoms with Crippen molar-refractivity contribution in [1.82, 2.24) is 5.32 Å². The van der Waals surface area contributed by atoms with Crippen LogP contribution in [0.1, 0.15) is 12.0 Å². The van der Waals surface area contributed by atoms with Crippen molar-refractivity contribution in [3.63, 3.8) is 0 Å². The van der Waals surface area contributed by atoms with E-state index in [1.54, 1.807) is 0 Å². The van der Waals surface area contributed by atoms with Gasteiger partial charge in [0.1, 0.15) is 0 Å². The van der Waals surface area contributed by atoms with E-state index < -0.39 is 0 Å². The zero-order valence-corrected chi connectivity index (χ0v) is 7.69. The summed E-state index contributed by atoms with van der Waals surface area (Å²) in [4.78, 5) is 22.2. The van der Waals surface area contributed by atoms with Crippen LogP contribution in [0, 0.1) is 5.92 Å². The smallest absolute Gasteiger partial charge is 0.230 e. The first-order valence-corrected chi connectivity index (χ1v) is 4.63. The lowest BCUT2D eigenvalue weighted by Crippen LogP contribution is -2.22. The molecule has 14 heavy (non-hydrogen) atoms. The fourth-order valence-corrected chi connectivity index (χ4v) is 1.67. The highest BCUT2D eigenvalue weighted by Crippen LogP contribution is 2.16. The van der Waals surface area contributed by atoms with Crippen molar-refractivity contribution in [1.29, 1.82) is 0 Å². The summed E-state index contributed by atoms with van der Waals surface area (Å²) in [6.45, 7) is 0. The summed E-state index contributed by atoms with van der Waals surface area (Å²) in [5.41, 5.74) is 1.10. The Hall–Kier alpha value is -1.64. The SMILES string of the molecule is O=C1C[C@@H](Cc2ccccc2)C(=O)N1. The van der Waals surface area contributed by atoms with E-state index in [9.17, 15) is 9.59 Å². The summed E-state index contributed by atoms with van der Waals surface area (Å²) in [5, 5.41) is 2.31. The average Bonchev–Trinajstić information content (AvgIpc) is 2.47. The maximum absolute atomic E-state index is 11.3. The van der Waals surface area contributed by atoms with Gasteiger partial charge in [-0.25, -0.2) is 0 Å². The largest absolute Gasteiger partial charge is 0.296 e. The normalized spacial score (nSPS) is 21.0. The molecule has 1 aromatic rings. The van der Waals surface area contributed by atoms with Crippen molar-refractivity contribution < 1.29 is 9.59 Å². The highest BCUT2D eigenvalue weighted by atomic mass is 16.2. The third kappa shape index (κ3) is 1.82. The van der Waals surface area contributed by atoms with Crippen molar-refractivity contribution in [3.05, 3.63) is 35.9 Å². The Morgan fingerprint density at radius 2 is 1.93 bits per heavy atom. The standard InChI is InChI=1S/C11H11NO2/c13-10-7-9(11(14)12-10)6-8-4-2-1-3-5-8/h1-5,9H,6-7H2,(H,12,13,14)/t9-/m1/s1. The van der Waals surface area contributed by atoms with Gasteiger partial charge >= 0.3 is 0 Å². The summed E-state index contributed by atoms with van der Waals surface area (Å²) in [6, 6.07) is 9.74. The molecule has 3 nitrogen and oxygen atoms in total. The molecule has 2 rings (SSSR count). The molecule has 0 spiro atoms. The van der Waals surface area contributed by atoms with Crippen molar-refractivity contribution in [2.24, 2.45) is 5.92 Å². The van der Waals surface area contributed by atoms with Gasteiger partial charge in [0.2, 0.25) is 11.8 Å². The van der Waals surface area contributed by atoms with Crippen molar-refractivity contribution >= 4 is 11.8 Å². The second-order valence-electron chi connectivity index (χ2n) is 3.50. The topological polar surface area (TPSA) is 46.2 Å². The summed E-state index contributed by atoms with van der Waals surface area (Å²) in [7, 11) is 0. The molecule has 0 saturated carbocycles. The summed E-state index contributed by atoms with van der Waals surface area (Å²) >= 11 is 0. The monoisotopic (exact) mass is 189 g/mol. The molecule has 1 heterocycles. The predicted octanol–water partition coefficient (Wildman–Crippen LogP) is 0.892. The molecule has 1 aromatic carbocycles. The van der Waals surface area contributed by atoms with Crippen LogP contribution in [-0.2, 0) is 16.0 Å². The lowest BCUT2D eigenvalue weighted by Gasteiger charge is -2.04. The van der Waals surface area contributed by atoms with Crippen LogP contribution in [0.5, 0.6) is 0 Å². The number of hydrogen-bond donors (Lipinski definition) is 1. The molecule has 1 atom stereocenters. The molecule has 0 radical (unpaired) electrons. The van der Waals surface area contributed by atoms with Crippen LogP contribution in [0.25, 0.3) is 0 Å². The first-order chi connectivity index (χ1) is 6.75. The number of imide groups is 1. The van der Waals surface area contributed by atoms with Gasteiger partial charge in [0.05, 0.1) is 5.92 Å². The molecule has 1 aliphatic heterocycles. The predicted molar refractivity (Wildman–Crippen MR) is 51.4 cm³/mol. The van der Waals surface area contributed by atoms with E-state index in [-0.39, 0.29) is 17.7 Å². The first kappa shape index (κ1) is 8.94. The van der Waals surface area contributed by atoms with E-state index in [2.05, 4.69) is 5.32 Å². The summed E-state index contributed by atoms with van der Waals surface area (Å²) in [6.07, 6.45) is 0.978. The highest BCUT2D eigenvalue weighted by Gasteiger charge is 2.30. The third-order valence-electron chi connectivity index (χ3n) is 2.39. The Balaban J connectivity index is 2.05. The van der Waals surface area contributed by atoms with Crippen LogP contribution in [0.2, 0.25) is 0 Å². The Kier molecular flexibility index (Phi) is 2.31. The molecular weight excluding hydrogens is 178 g/mol. The molecule has 0 unspecified atom stereocenters. The van der Waals surface area contributed by atoms with Crippen molar-refractivity contribution in [2.75, 3.05) is 0 Å². The van der Waals surface area contributed by atoms with Gasteiger partial charge in [-0.15, -0.1) is 0 Å². The van der Waals surface area contributed by atoms with Crippen LogP contribution in [0.15, 0.2) is 30.3 Å². The molecule has 1 saturated heterocycles. The van der Waals surface area contributed by atoms with Gasteiger partial charge in [-0.3, -0.25) is 14.9 Å². The van der Waals surface area contributed by atoms with Crippen LogP contribution < -0.4 is 5.32 Å². The van der Waals surface area contributed by atoms with E-state index in [0.717, 1.165) is 5.56 Å². The minimum absolute atomic E-state index is 0.140. The Bertz CT molecular complexity index is 359. The molecule has 2 amide bonds. The van der Waals surface area contributed by atoms with Crippen molar-refractivity contribution in [3.8, 4) is 0 Å². The van der Waals surface area contributed by atoms with Gasteiger partial charge in [-0.2, -0.15) is 0 Å². The molecule has 0 aromatic heterocycles. The van der Waals surface area contributed by atoms with Gasteiger partial charge in [0, 0.05) is 6.42 Å². The maximum atomic E-state index is 11.3. The zero-order chi connectivity index (χ0) is 9.97. The maximum Gasteiger partial charge on any atom is 0.230 e. The van der Waals surface area contributed by atoms with Crippen LogP contribution >= 0.6 is 0 Å². The second-order valence-corrected chi connectivity index (χ2v) is 3.50. The van der Waals surface area contributed by atoms with Gasteiger partial charge in [-0.1, -0.05) is 30.3 Å². The number of nitrogens with one attached hydrogen (secondary N) is 1. The van der Waals surface area contributed by atoms with E-state index in [0.29, 0.717) is 12.8 Å². The number of hydrogen-bond acceptors (Lipinski definition) is 2. The molecule has 3 heteroatoms. The quantitative estimate of drug-likeness (QED) is 0.702. The van der Waals surface area contributed by atoms with Gasteiger partial charge in [0.25, 0.3) is 0 Å². The fourth-order valence-electron chi connectivity index (χ4n) is 1.67. The lowest BCUT2D eigenvalue weighted by molar-refractivity contribution is -0.125. The minimum atomic E-state index is -0.176. The fraction of sp³-hybridized carbons (Fsp3) is 0.273. The van der Waals surface area contributed by atoms with Gasteiger partial charge < -0.3 is 0 Å². The molecule has 1 N–H and O–H groups in total. The van der Waals surface area contributed by atoms with Gasteiger partial charge in [0.15, 0.2) is 0 Å². The molecule has 72 valence electrons. The minimum Gasteiger partial charge on any atom is -0.296 e. The zero-order valence-electron chi connectivity index (χ0n) is 7.69. The number of amides is 2. The molecule has 1 fully saturated rings. The third-order valence-corrected chi connectivity index (χ3v) is 2.39. The van der Waals surface area contributed by atoms with Crippen LogP contribution in [-0.4, -0.2) is 11.8 Å². The first-order valence-electron chi connectivity index (χ1n) is 4.63. The molecule has 0 aliphatic carbocycles. The van der Waals surface area contributed by atoms with Crippen molar-refractivity contribution in [2.45, 2.75) is 12.8 Å². The highest BCUT2D eigenvalue weighted by molar-refractivity contribution is 6.03. The molecular formula is C11H11NO2. The number of carbonyl (C=O) groups is 2. The van der Waals surface area contributed by atoms with E-state index >= 15 is 0 Å². The number of rotatable bonds is 2. The Morgan fingerprint density at radius 3 is 2.50 bits per heavy atom. The van der Waals surface area contributed by atoms with E-state index in [4.69, 9.17) is 0 Å². The molecule has 1 aliphatic rings. The second kappa shape index (κ2) is 3.62. The number of carbonyl (C=O) groups excluding carboxylic acids is 2. The average molecular weight is 189 g/mol. The number of benzene rings is 1. The summed E-state index contributed by atoms with van der Waals surface area (Å²) in [5.74, 6) is -0.473. The van der Waals surface area contributed by atoms with E-state index in [1.807, 2.05) is 30.3 Å². The molecule has 0 bridgehead atoms. The van der Waals surface area contributed by atoms with Gasteiger partial charge in [-0.05, 0) is 12.0 Å². The van der Waals surface area contributed by atoms with E-state index in [1.165, 1.54) is 0 Å².